The van der Waals surface area contributed by atoms with Crippen LogP contribution in [0.2, 0.25) is 0 Å². The van der Waals surface area contributed by atoms with Gasteiger partial charge in [0.05, 0.1) is 25.3 Å². The van der Waals surface area contributed by atoms with Gasteiger partial charge in [-0.15, -0.1) is 0 Å². The minimum atomic E-state index is -0.346. The van der Waals surface area contributed by atoms with Crippen molar-refractivity contribution in [2.24, 2.45) is 0 Å². The molecule has 2 aromatic rings. The second kappa shape index (κ2) is 4.03. The molecule has 0 saturated carbocycles. The Morgan fingerprint density at radius 1 is 1.44 bits per heavy atom. The zero-order valence-corrected chi connectivity index (χ0v) is 9.92. The molecular formula is C13H13NO4. The van der Waals surface area contributed by atoms with Gasteiger partial charge in [-0.05, 0) is 18.2 Å². The standard InChI is InChI=1S/C13H13NO4/c1-17-10-4-2-8-3-5-11(16)14-9(6-15)7-18-13(10)12(8)14/h2-5,9,15H,6-7H2,1H3. The second-order valence-corrected chi connectivity index (χ2v) is 4.22. The van der Waals surface area contributed by atoms with Crippen LogP contribution in [0.15, 0.2) is 29.1 Å². The van der Waals surface area contributed by atoms with Crippen molar-refractivity contribution in [1.82, 2.24) is 4.57 Å². The summed E-state index contributed by atoms with van der Waals surface area (Å²) in [6.07, 6.45) is 0. The summed E-state index contributed by atoms with van der Waals surface area (Å²) in [6, 6.07) is 6.59. The van der Waals surface area contributed by atoms with E-state index >= 15 is 0 Å². The van der Waals surface area contributed by atoms with Crippen molar-refractivity contribution in [3.8, 4) is 11.5 Å². The quantitative estimate of drug-likeness (QED) is 0.857. The highest BCUT2D eigenvalue weighted by molar-refractivity contribution is 5.88. The van der Waals surface area contributed by atoms with E-state index in [1.165, 1.54) is 6.07 Å². The summed E-state index contributed by atoms with van der Waals surface area (Å²) in [5, 5.41) is 10.2. The van der Waals surface area contributed by atoms with Gasteiger partial charge in [-0.1, -0.05) is 0 Å². The van der Waals surface area contributed by atoms with E-state index in [9.17, 15) is 9.90 Å². The highest BCUT2D eigenvalue weighted by Gasteiger charge is 2.25. The predicted molar refractivity (Wildman–Crippen MR) is 66.4 cm³/mol. The number of hydrogen-bond donors (Lipinski definition) is 1. The fourth-order valence-corrected chi connectivity index (χ4v) is 2.35. The van der Waals surface area contributed by atoms with Gasteiger partial charge in [0.1, 0.15) is 6.61 Å². The molecule has 5 nitrogen and oxygen atoms in total. The van der Waals surface area contributed by atoms with Crippen molar-refractivity contribution in [3.63, 3.8) is 0 Å². The number of methoxy groups -OCH3 is 1. The third-order valence-corrected chi connectivity index (χ3v) is 3.23. The molecule has 2 heterocycles. The maximum Gasteiger partial charge on any atom is 0.251 e. The average Bonchev–Trinajstić information content (AvgIpc) is 2.42. The average molecular weight is 247 g/mol. The number of rotatable bonds is 2. The molecular weight excluding hydrogens is 234 g/mol. The minimum Gasteiger partial charge on any atom is -0.493 e. The van der Waals surface area contributed by atoms with E-state index in [0.29, 0.717) is 17.0 Å². The molecule has 0 saturated heterocycles. The van der Waals surface area contributed by atoms with Gasteiger partial charge in [0.2, 0.25) is 0 Å². The van der Waals surface area contributed by atoms with Gasteiger partial charge in [-0.3, -0.25) is 9.36 Å². The molecule has 1 atom stereocenters. The SMILES string of the molecule is COc1ccc2ccc(=O)n3c2c1OCC3CO. The Balaban J connectivity index is 2.44. The number of aliphatic hydroxyl groups excluding tert-OH is 1. The molecule has 0 bridgehead atoms. The molecule has 1 unspecified atom stereocenters. The van der Waals surface area contributed by atoms with Crippen LogP contribution in [-0.4, -0.2) is 30.0 Å². The Labute approximate surface area is 103 Å². The lowest BCUT2D eigenvalue weighted by Crippen LogP contribution is -2.33. The lowest BCUT2D eigenvalue weighted by Gasteiger charge is -2.27. The Hall–Kier alpha value is -2.01. The molecule has 0 radical (unpaired) electrons. The van der Waals surface area contributed by atoms with Crippen molar-refractivity contribution in [2.75, 3.05) is 20.3 Å². The highest BCUT2D eigenvalue weighted by atomic mass is 16.5. The topological polar surface area (TPSA) is 60.7 Å². The number of aromatic nitrogens is 1. The van der Waals surface area contributed by atoms with Gasteiger partial charge in [0, 0.05) is 11.5 Å². The van der Waals surface area contributed by atoms with E-state index in [1.807, 2.05) is 12.1 Å². The Morgan fingerprint density at radius 3 is 2.94 bits per heavy atom. The molecule has 1 N–H and O–H groups in total. The van der Waals surface area contributed by atoms with Crippen LogP contribution in [0.3, 0.4) is 0 Å². The molecule has 1 aliphatic rings. The van der Waals surface area contributed by atoms with E-state index in [0.717, 1.165) is 5.39 Å². The molecule has 0 amide bonds. The predicted octanol–water partition coefficient (Wildman–Crippen LogP) is 0.936. The molecule has 0 aliphatic carbocycles. The van der Waals surface area contributed by atoms with Crippen LogP contribution in [0.5, 0.6) is 11.5 Å². The lowest BCUT2D eigenvalue weighted by atomic mass is 10.1. The Morgan fingerprint density at radius 2 is 2.22 bits per heavy atom. The zero-order valence-electron chi connectivity index (χ0n) is 9.92. The van der Waals surface area contributed by atoms with Crippen molar-refractivity contribution in [2.45, 2.75) is 6.04 Å². The van der Waals surface area contributed by atoms with Crippen LogP contribution >= 0.6 is 0 Å². The van der Waals surface area contributed by atoms with Crippen molar-refractivity contribution in [3.05, 3.63) is 34.6 Å². The first-order valence-electron chi connectivity index (χ1n) is 5.72. The van der Waals surface area contributed by atoms with Crippen LogP contribution in [0, 0.1) is 0 Å². The summed E-state index contributed by atoms with van der Waals surface area (Å²) in [5.74, 6) is 1.16. The van der Waals surface area contributed by atoms with E-state index in [2.05, 4.69) is 0 Å². The molecule has 1 aliphatic heterocycles. The number of aliphatic hydroxyl groups is 1. The van der Waals surface area contributed by atoms with Gasteiger partial charge in [0.15, 0.2) is 11.5 Å². The van der Waals surface area contributed by atoms with Gasteiger partial charge >= 0.3 is 0 Å². The summed E-state index contributed by atoms with van der Waals surface area (Å²) < 4.78 is 12.5. The molecule has 5 heteroatoms. The van der Waals surface area contributed by atoms with Crippen LogP contribution in [0.25, 0.3) is 10.9 Å². The minimum absolute atomic E-state index is 0.129. The summed E-state index contributed by atoms with van der Waals surface area (Å²) >= 11 is 0. The fourth-order valence-electron chi connectivity index (χ4n) is 2.35. The van der Waals surface area contributed by atoms with Gasteiger partial charge in [0.25, 0.3) is 5.56 Å². The first-order chi connectivity index (χ1) is 8.76. The highest BCUT2D eigenvalue weighted by Crippen LogP contribution is 2.38. The fraction of sp³-hybridized carbons (Fsp3) is 0.308. The van der Waals surface area contributed by atoms with Crippen LogP contribution < -0.4 is 15.0 Å². The normalized spacial score (nSPS) is 17.6. The van der Waals surface area contributed by atoms with Crippen molar-refractivity contribution < 1.29 is 14.6 Å². The summed E-state index contributed by atoms with van der Waals surface area (Å²) in [5.41, 5.74) is 0.548. The lowest BCUT2D eigenvalue weighted by molar-refractivity contribution is 0.153. The maximum atomic E-state index is 12.0. The van der Waals surface area contributed by atoms with Crippen LogP contribution in [0.1, 0.15) is 6.04 Å². The number of ether oxygens (including phenoxy) is 2. The van der Waals surface area contributed by atoms with Crippen molar-refractivity contribution >= 4 is 10.9 Å². The maximum absolute atomic E-state index is 12.0. The number of benzene rings is 1. The van der Waals surface area contributed by atoms with Crippen LogP contribution in [0.4, 0.5) is 0 Å². The Bertz CT molecular complexity index is 662. The number of nitrogens with zero attached hydrogens (tertiary/aromatic N) is 1. The Kier molecular flexibility index (Phi) is 2.48. The van der Waals surface area contributed by atoms with E-state index in [4.69, 9.17) is 9.47 Å². The molecule has 18 heavy (non-hydrogen) atoms. The second-order valence-electron chi connectivity index (χ2n) is 4.22. The molecule has 94 valence electrons. The van der Waals surface area contributed by atoms with Gasteiger partial charge < -0.3 is 14.6 Å². The first-order valence-corrected chi connectivity index (χ1v) is 5.72. The third kappa shape index (κ3) is 1.41. The zero-order chi connectivity index (χ0) is 12.7. The molecule has 0 fully saturated rings. The van der Waals surface area contributed by atoms with Gasteiger partial charge in [-0.25, -0.2) is 0 Å². The molecule has 1 aromatic carbocycles. The number of hydrogen-bond acceptors (Lipinski definition) is 4. The molecule has 1 aromatic heterocycles. The largest absolute Gasteiger partial charge is 0.493 e. The molecule has 3 rings (SSSR count). The summed E-state index contributed by atoms with van der Waals surface area (Å²) in [6.45, 7) is 0.137. The van der Waals surface area contributed by atoms with E-state index < -0.39 is 0 Å². The van der Waals surface area contributed by atoms with Gasteiger partial charge in [-0.2, -0.15) is 0 Å². The molecule has 0 spiro atoms. The first kappa shape index (κ1) is 11.1. The van der Waals surface area contributed by atoms with Crippen LogP contribution in [-0.2, 0) is 0 Å². The smallest absolute Gasteiger partial charge is 0.251 e. The number of pyridine rings is 1. The monoisotopic (exact) mass is 247 g/mol. The van der Waals surface area contributed by atoms with E-state index in [-0.39, 0.29) is 24.8 Å². The summed E-state index contributed by atoms with van der Waals surface area (Å²) in [4.78, 5) is 12.0. The summed E-state index contributed by atoms with van der Waals surface area (Å²) in [7, 11) is 1.56. The van der Waals surface area contributed by atoms with E-state index in [1.54, 1.807) is 17.7 Å². The third-order valence-electron chi connectivity index (χ3n) is 3.23. The van der Waals surface area contributed by atoms with Crippen molar-refractivity contribution in [1.29, 1.82) is 0 Å².